The van der Waals surface area contributed by atoms with Crippen LogP contribution in [-0.4, -0.2) is 15.6 Å². The lowest BCUT2D eigenvalue weighted by Gasteiger charge is -2.13. The Labute approximate surface area is 157 Å². The number of rotatable bonds is 5. The minimum atomic E-state index is -4.52. The Bertz CT molecular complexity index is 982. The summed E-state index contributed by atoms with van der Waals surface area (Å²) in [4.78, 5) is 12.2. The molecule has 140 valence electrons. The summed E-state index contributed by atoms with van der Waals surface area (Å²) in [5.41, 5.74) is -0.559. The summed E-state index contributed by atoms with van der Waals surface area (Å²) in [6.07, 6.45) is -3.21. The maximum atomic E-state index is 13.7. The molecule has 0 aliphatic rings. The number of hydrogen-bond acceptors (Lipinski definition) is 2. The number of hydrogen-bond donors (Lipinski definition) is 0. The molecule has 0 fully saturated rings. The van der Waals surface area contributed by atoms with Crippen molar-refractivity contribution in [3.05, 3.63) is 88.0 Å². The van der Waals surface area contributed by atoms with Gasteiger partial charge >= 0.3 is 6.18 Å². The number of alkyl halides is 3. The van der Waals surface area contributed by atoms with Gasteiger partial charge in [0.2, 0.25) is 0 Å². The van der Waals surface area contributed by atoms with Gasteiger partial charge in [0.1, 0.15) is 5.82 Å². The predicted octanol–water partition coefficient (Wildman–Crippen LogP) is 5.17. The SMILES string of the molecule is O=C(Cc1ccn(Cc2cc(Cl)ccc2C(F)(F)F)n1)c1ccccc1F. The third kappa shape index (κ3) is 4.54. The van der Waals surface area contributed by atoms with E-state index in [9.17, 15) is 22.4 Å². The van der Waals surface area contributed by atoms with Crippen molar-refractivity contribution in [1.82, 2.24) is 9.78 Å². The van der Waals surface area contributed by atoms with E-state index < -0.39 is 23.3 Å². The largest absolute Gasteiger partial charge is 0.416 e. The van der Waals surface area contributed by atoms with Gasteiger partial charge in [0.05, 0.1) is 29.8 Å². The summed E-state index contributed by atoms with van der Waals surface area (Å²) in [7, 11) is 0. The Morgan fingerprint density at radius 1 is 1.11 bits per heavy atom. The van der Waals surface area contributed by atoms with Crippen LogP contribution in [0.5, 0.6) is 0 Å². The third-order valence-corrected chi connectivity index (χ3v) is 4.15. The van der Waals surface area contributed by atoms with Crippen molar-refractivity contribution in [1.29, 1.82) is 0 Å². The highest BCUT2D eigenvalue weighted by molar-refractivity contribution is 6.30. The molecule has 0 spiro atoms. The Kier molecular flexibility index (Phi) is 5.32. The average molecular weight is 397 g/mol. The van der Waals surface area contributed by atoms with Gasteiger partial charge in [-0.1, -0.05) is 23.7 Å². The molecule has 1 aromatic heterocycles. The Hall–Kier alpha value is -2.67. The smallest absolute Gasteiger partial charge is 0.294 e. The second-order valence-corrected chi connectivity index (χ2v) is 6.32. The van der Waals surface area contributed by atoms with E-state index in [0.29, 0.717) is 5.69 Å². The lowest BCUT2D eigenvalue weighted by Crippen LogP contribution is -2.12. The molecule has 0 saturated carbocycles. The predicted molar refractivity (Wildman–Crippen MR) is 92.2 cm³/mol. The lowest BCUT2D eigenvalue weighted by atomic mass is 10.1. The van der Waals surface area contributed by atoms with Crippen molar-refractivity contribution < 1.29 is 22.4 Å². The van der Waals surface area contributed by atoms with Gasteiger partial charge in [-0.15, -0.1) is 0 Å². The molecule has 0 aliphatic carbocycles. The van der Waals surface area contributed by atoms with Crippen LogP contribution in [0.15, 0.2) is 54.7 Å². The molecule has 0 aliphatic heterocycles. The van der Waals surface area contributed by atoms with Crippen LogP contribution < -0.4 is 0 Å². The first-order chi connectivity index (χ1) is 12.7. The van der Waals surface area contributed by atoms with Crippen molar-refractivity contribution >= 4 is 17.4 Å². The Morgan fingerprint density at radius 3 is 2.56 bits per heavy atom. The van der Waals surface area contributed by atoms with Gasteiger partial charge in [-0.05, 0) is 42.0 Å². The minimum absolute atomic E-state index is 0.0370. The molecule has 27 heavy (non-hydrogen) atoms. The molecular formula is C19H13ClF4N2O. The molecule has 3 nitrogen and oxygen atoms in total. The van der Waals surface area contributed by atoms with Crippen LogP contribution in [0.4, 0.5) is 17.6 Å². The Balaban J connectivity index is 1.79. The average Bonchev–Trinajstić information content (AvgIpc) is 3.01. The van der Waals surface area contributed by atoms with E-state index in [4.69, 9.17) is 11.6 Å². The molecule has 3 rings (SSSR count). The number of ketones is 1. The molecule has 0 saturated heterocycles. The molecular weight excluding hydrogens is 384 g/mol. The van der Waals surface area contributed by atoms with Gasteiger partial charge in [-0.25, -0.2) is 4.39 Å². The van der Waals surface area contributed by atoms with Crippen LogP contribution in [0.2, 0.25) is 5.02 Å². The quantitative estimate of drug-likeness (QED) is 0.440. The molecule has 1 heterocycles. The molecule has 2 aromatic carbocycles. The van der Waals surface area contributed by atoms with Crippen molar-refractivity contribution in [2.75, 3.05) is 0 Å². The van der Waals surface area contributed by atoms with Crippen LogP contribution in [0.25, 0.3) is 0 Å². The normalized spacial score (nSPS) is 11.6. The molecule has 0 radical (unpaired) electrons. The zero-order valence-electron chi connectivity index (χ0n) is 13.8. The summed E-state index contributed by atoms with van der Waals surface area (Å²) < 4.78 is 54.3. The third-order valence-electron chi connectivity index (χ3n) is 3.92. The Morgan fingerprint density at radius 2 is 1.85 bits per heavy atom. The molecule has 0 bridgehead atoms. The molecule has 0 unspecified atom stereocenters. The van der Waals surface area contributed by atoms with Crippen LogP contribution in [0.3, 0.4) is 0 Å². The molecule has 0 amide bonds. The van der Waals surface area contributed by atoms with Crippen LogP contribution in [0.1, 0.15) is 27.2 Å². The van der Waals surface area contributed by atoms with Crippen molar-refractivity contribution in [3.8, 4) is 0 Å². The van der Waals surface area contributed by atoms with Crippen LogP contribution >= 0.6 is 11.6 Å². The first-order valence-corrected chi connectivity index (χ1v) is 8.27. The van der Waals surface area contributed by atoms with E-state index in [2.05, 4.69) is 5.10 Å². The summed E-state index contributed by atoms with van der Waals surface area (Å²) in [5, 5.41) is 4.30. The zero-order chi connectivity index (χ0) is 19.6. The van der Waals surface area contributed by atoms with Crippen molar-refractivity contribution in [3.63, 3.8) is 0 Å². The van der Waals surface area contributed by atoms with Crippen LogP contribution in [0, 0.1) is 5.82 Å². The monoisotopic (exact) mass is 396 g/mol. The van der Waals surface area contributed by atoms with Crippen molar-refractivity contribution in [2.24, 2.45) is 0 Å². The molecule has 3 aromatic rings. The first-order valence-electron chi connectivity index (χ1n) is 7.90. The lowest BCUT2D eigenvalue weighted by molar-refractivity contribution is -0.138. The van der Waals surface area contributed by atoms with Gasteiger partial charge < -0.3 is 0 Å². The van der Waals surface area contributed by atoms with Gasteiger partial charge in [0, 0.05) is 11.2 Å². The summed E-state index contributed by atoms with van der Waals surface area (Å²) in [5.74, 6) is -1.09. The number of halogens is 5. The minimum Gasteiger partial charge on any atom is -0.294 e. The van der Waals surface area contributed by atoms with Gasteiger partial charge in [0.15, 0.2) is 5.78 Å². The van der Waals surface area contributed by atoms with E-state index >= 15 is 0 Å². The van der Waals surface area contributed by atoms with E-state index in [1.165, 1.54) is 47.3 Å². The summed E-state index contributed by atoms with van der Waals surface area (Å²) >= 11 is 5.81. The van der Waals surface area contributed by atoms with Gasteiger partial charge in [0.25, 0.3) is 0 Å². The number of nitrogens with zero attached hydrogens (tertiary/aromatic N) is 2. The highest BCUT2D eigenvalue weighted by Gasteiger charge is 2.33. The summed E-state index contributed by atoms with van der Waals surface area (Å²) in [6.45, 7) is -0.163. The second-order valence-electron chi connectivity index (χ2n) is 5.88. The number of carbonyl (C=O) groups is 1. The van der Waals surface area contributed by atoms with Crippen molar-refractivity contribution in [2.45, 2.75) is 19.1 Å². The van der Waals surface area contributed by atoms with E-state index in [1.54, 1.807) is 6.07 Å². The summed E-state index contributed by atoms with van der Waals surface area (Å²) in [6, 6.07) is 10.4. The van der Waals surface area contributed by atoms with E-state index in [0.717, 1.165) is 6.07 Å². The second kappa shape index (κ2) is 7.52. The standard InChI is InChI=1S/C19H13ClF4N2O/c20-13-5-6-16(19(22,23)24)12(9-13)11-26-8-7-14(25-26)10-18(27)15-3-1-2-4-17(15)21/h1-9H,10-11H2. The maximum absolute atomic E-state index is 13.7. The van der Waals surface area contributed by atoms with E-state index in [-0.39, 0.29) is 29.1 Å². The van der Waals surface area contributed by atoms with Gasteiger partial charge in [-0.2, -0.15) is 18.3 Å². The molecule has 0 N–H and O–H groups in total. The highest BCUT2D eigenvalue weighted by atomic mass is 35.5. The number of Topliss-reactive ketones (excluding diaryl/α,β-unsaturated/α-hetero) is 1. The number of benzene rings is 2. The fraction of sp³-hybridized carbons (Fsp3) is 0.158. The van der Waals surface area contributed by atoms with E-state index in [1.807, 2.05) is 0 Å². The van der Waals surface area contributed by atoms with Gasteiger partial charge in [-0.3, -0.25) is 9.48 Å². The molecule has 0 atom stereocenters. The zero-order valence-corrected chi connectivity index (χ0v) is 14.6. The maximum Gasteiger partial charge on any atom is 0.416 e. The highest BCUT2D eigenvalue weighted by Crippen LogP contribution is 2.33. The topological polar surface area (TPSA) is 34.9 Å². The molecule has 8 heteroatoms. The number of carbonyl (C=O) groups excluding carboxylic acids is 1. The number of aromatic nitrogens is 2. The fourth-order valence-corrected chi connectivity index (χ4v) is 2.87. The van der Waals surface area contributed by atoms with Crippen LogP contribution in [-0.2, 0) is 19.1 Å². The fourth-order valence-electron chi connectivity index (χ4n) is 2.68. The first kappa shape index (κ1) is 19.1.